The number of halogens is 8. The topological polar surface area (TPSA) is 128 Å². The van der Waals surface area contributed by atoms with Crippen LogP contribution < -0.4 is 20.9 Å². The van der Waals surface area contributed by atoms with Gasteiger partial charge < -0.3 is 31.2 Å². The van der Waals surface area contributed by atoms with Crippen molar-refractivity contribution in [2.75, 3.05) is 11.5 Å². The molecule has 4 aromatic carbocycles. The molecule has 0 aliphatic carbocycles. The van der Waals surface area contributed by atoms with E-state index in [0.717, 1.165) is 30.3 Å². The maximum atomic E-state index is 14.9. The first-order chi connectivity index (χ1) is 18.7. The maximum Gasteiger partial charge on any atom is 0.206 e. The van der Waals surface area contributed by atoms with Crippen LogP contribution in [0.25, 0.3) is 0 Å². The van der Waals surface area contributed by atoms with Gasteiger partial charge in [-0.25, -0.2) is 22.0 Å². The van der Waals surface area contributed by atoms with Gasteiger partial charge in [0.05, 0.1) is 11.4 Å². The average Bonchev–Trinajstić information content (AvgIpc) is 2.91. The Hall–Kier alpha value is -5.21. The number of ether oxygens (including phenoxy) is 2. The molecule has 0 spiro atoms. The zero-order valence-electron chi connectivity index (χ0n) is 19.3. The van der Waals surface area contributed by atoms with Gasteiger partial charge in [0.2, 0.25) is 34.8 Å². The van der Waals surface area contributed by atoms with Crippen LogP contribution in [0.4, 0.5) is 46.5 Å². The molecule has 0 atom stereocenters. The second kappa shape index (κ2) is 10.2. The zero-order valence-corrected chi connectivity index (χ0v) is 19.3. The van der Waals surface area contributed by atoms with Crippen LogP contribution in [-0.2, 0) is 0 Å². The van der Waals surface area contributed by atoms with E-state index in [1.807, 2.05) is 0 Å². The van der Waals surface area contributed by atoms with E-state index in [0.29, 0.717) is 6.07 Å². The molecule has 40 heavy (non-hydrogen) atoms. The third-order valence-electron chi connectivity index (χ3n) is 5.34. The number of rotatable bonds is 6. The Bertz CT molecular complexity index is 1690. The van der Waals surface area contributed by atoms with Crippen molar-refractivity contribution in [1.29, 1.82) is 0 Å². The summed E-state index contributed by atoms with van der Waals surface area (Å²) in [5, 5.41) is 19.2. The Morgan fingerprint density at radius 2 is 0.925 bits per heavy atom. The van der Waals surface area contributed by atoms with E-state index in [9.17, 15) is 50.1 Å². The van der Waals surface area contributed by atoms with Gasteiger partial charge in [-0.15, -0.1) is 0 Å². The van der Waals surface area contributed by atoms with E-state index < -0.39 is 97.9 Å². The Morgan fingerprint density at radius 1 is 0.550 bits per heavy atom. The monoisotopic (exact) mass is 572 g/mol. The highest BCUT2D eigenvalue weighted by Gasteiger charge is 2.37. The lowest BCUT2D eigenvalue weighted by molar-refractivity contribution is 0.101. The predicted molar refractivity (Wildman–Crippen MR) is 121 cm³/mol. The largest absolute Gasteiger partial charge is 0.506 e. The Kier molecular flexibility index (Phi) is 7.07. The van der Waals surface area contributed by atoms with E-state index in [1.165, 1.54) is 0 Å². The first-order valence-electron chi connectivity index (χ1n) is 10.5. The molecule has 4 rings (SSSR count). The number of hydrogen-bond acceptors (Lipinski definition) is 7. The summed E-state index contributed by atoms with van der Waals surface area (Å²) < 4.78 is 126. The minimum absolute atomic E-state index is 0.195. The number of nitrogen functional groups attached to an aromatic ring is 2. The smallest absolute Gasteiger partial charge is 0.206 e. The molecule has 0 fully saturated rings. The van der Waals surface area contributed by atoms with Crippen LogP contribution >= 0.6 is 0 Å². The minimum atomic E-state index is -2.63. The quantitative estimate of drug-likeness (QED) is 0.0542. The van der Waals surface area contributed by atoms with Crippen LogP contribution in [-0.4, -0.2) is 16.0 Å². The minimum Gasteiger partial charge on any atom is -0.506 e. The molecule has 0 saturated heterocycles. The normalized spacial score (nSPS) is 11.0. The Morgan fingerprint density at radius 3 is 1.38 bits per heavy atom. The summed E-state index contributed by atoms with van der Waals surface area (Å²) in [6.45, 7) is 0. The molecule has 0 saturated carbocycles. The van der Waals surface area contributed by atoms with Gasteiger partial charge >= 0.3 is 0 Å². The van der Waals surface area contributed by atoms with Crippen LogP contribution in [0.1, 0.15) is 15.9 Å². The lowest BCUT2D eigenvalue weighted by atomic mass is 9.99. The third kappa shape index (κ3) is 4.61. The number of ketones is 1. The molecule has 0 heterocycles. The maximum absolute atomic E-state index is 14.9. The Balaban J connectivity index is 1.88. The molecule has 0 aliphatic rings. The number of benzene rings is 4. The molecular weight excluding hydrogens is 560 g/mol. The Labute approximate surface area is 217 Å². The van der Waals surface area contributed by atoms with Crippen LogP contribution in [0.15, 0.2) is 36.4 Å². The first-order valence-corrected chi connectivity index (χ1v) is 10.5. The van der Waals surface area contributed by atoms with E-state index in [1.54, 1.807) is 0 Å². The average molecular weight is 572 g/mol. The van der Waals surface area contributed by atoms with Gasteiger partial charge in [-0.05, 0) is 24.3 Å². The predicted octanol–water partition coefficient (Wildman–Crippen LogP) is 6.19. The summed E-state index contributed by atoms with van der Waals surface area (Å²) in [6.07, 6.45) is 0. The molecule has 0 amide bonds. The highest BCUT2D eigenvalue weighted by Crippen LogP contribution is 2.40. The summed E-state index contributed by atoms with van der Waals surface area (Å²) in [6, 6.07) is 5.20. The van der Waals surface area contributed by atoms with Gasteiger partial charge in [0, 0.05) is 12.1 Å². The fraction of sp³-hybridized carbons (Fsp3) is 0. The van der Waals surface area contributed by atoms with Crippen molar-refractivity contribution in [2.24, 2.45) is 0 Å². The van der Waals surface area contributed by atoms with Crippen molar-refractivity contribution in [3.05, 3.63) is 94.1 Å². The number of aromatic hydroxyl groups is 2. The van der Waals surface area contributed by atoms with Crippen molar-refractivity contribution in [3.63, 3.8) is 0 Å². The van der Waals surface area contributed by atoms with Crippen LogP contribution in [0, 0.1) is 46.5 Å². The number of phenols is 2. The molecule has 15 heteroatoms. The molecule has 6 N–H and O–H groups in total. The second-order valence-electron chi connectivity index (χ2n) is 7.89. The summed E-state index contributed by atoms with van der Waals surface area (Å²) in [5.74, 6) is -28.3. The summed E-state index contributed by atoms with van der Waals surface area (Å²) >= 11 is 0. The number of carbonyl (C=O) groups is 1. The van der Waals surface area contributed by atoms with Crippen LogP contribution in [0.2, 0.25) is 0 Å². The van der Waals surface area contributed by atoms with Gasteiger partial charge in [0.15, 0.2) is 29.0 Å². The lowest BCUT2D eigenvalue weighted by Gasteiger charge is -2.16. The third-order valence-corrected chi connectivity index (χ3v) is 5.34. The number of anilines is 2. The van der Waals surface area contributed by atoms with E-state index in [4.69, 9.17) is 20.9 Å². The van der Waals surface area contributed by atoms with Crippen molar-refractivity contribution in [1.82, 2.24) is 0 Å². The molecule has 0 bridgehead atoms. The highest BCUT2D eigenvalue weighted by atomic mass is 19.2. The first kappa shape index (κ1) is 27.8. The molecule has 0 aromatic heterocycles. The summed E-state index contributed by atoms with van der Waals surface area (Å²) in [7, 11) is 0. The summed E-state index contributed by atoms with van der Waals surface area (Å²) in [5.41, 5.74) is 6.12. The molecule has 0 unspecified atom stereocenters. The molecule has 4 aromatic rings. The number of nitrogens with two attached hydrogens (primary N) is 2. The van der Waals surface area contributed by atoms with Crippen molar-refractivity contribution < 1.29 is 59.6 Å². The fourth-order valence-electron chi connectivity index (χ4n) is 3.35. The highest BCUT2D eigenvalue weighted by molar-refractivity contribution is 6.11. The van der Waals surface area contributed by atoms with E-state index in [-0.39, 0.29) is 11.4 Å². The van der Waals surface area contributed by atoms with Gasteiger partial charge in [-0.3, -0.25) is 4.79 Å². The van der Waals surface area contributed by atoms with Crippen LogP contribution in [0.3, 0.4) is 0 Å². The van der Waals surface area contributed by atoms with Crippen molar-refractivity contribution >= 4 is 17.2 Å². The molecular formula is C25H12F8N2O5. The van der Waals surface area contributed by atoms with Gasteiger partial charge in [0.25, 0.3) is 0 Å². The molecule has 0 radical (unpaired) electrons. The molecule has 208 valence electrons. The standard InChI is InChI=1S/C25H12F8N2O5/c26-15-13(16(27)21(32)25(20(15)31)40-8-2-4-10(35)12(37)6-8)23(38)14-17(28)18(29)19(30)22(33)24(14)39-7-1-3-9(34)11(36)5-7/h1-6,36-37H,34-35H2. The number of phenolic OH excluding ortho intramolecular Hbond substituents is 2. The lowest BCUT2D eigenvalue weighted by Crippen LogP contribution is -2.17. The SMILES string of the molecule is Nc1ccc(Oc2c(F)c(F)c(C(=O)c3c(F)c(F)c(F)c(F)c3Oc3ccc(N)c(O)c3)c(F)c2F)cc1O. The zero-order chi connectivity index (χ0) is 29.6. The van der Waals surface area contributed by atoms with Gasteiger partial charge in [-0.2, -0.15) is 13.2 Å². The van der Waals surface area contributed by atoms with Crippen LogP contribution in [0.5, 0.6) is 34.5 Å². The van der Waals surface area contributed by atoms with E-state index >= 15 is 0 Å². The fourth-order valence-corrected chi connectivity index (χ4v) is 3.35. The van der Waals surface area contributed by atoms with Gasteiger partial charge in [-0.1, -0.05) is 0 Å². The second-order valence-corrected chi connectivity index (χ2v) is 7.89. The molecule has 0 aliphatic heterocycles. The number of carbonyl (C=O) groups excluding carboxylic acids is 1. The van der Waals surface area contributed by atoms with Gasteiger partial charge in [0.1, 0.15) is 34.1 Å². The van der Waals surface area contributed by atoms with E-state index in [2.05, 4.69) is 0 Å². The van der Waals surface area contributed by atoms with Crippen molar-refractivity contribution in [3.8, 4) is 34.5 Å². The number of hydrogen-bond donors (Lipinski definition) is 4. The molecule has 7 nitrogen and oxygen atoms in total. The summed E-state index contributed by atoms with van der Waals surface area (Å²) in [4.78, 5) is 13.0. The van der Waals surface area contributed by atoms with Crippen molar-refractivity contribution in [2.45, 2.75) is 0 Å².